The van der Waals surface area contributed by atoms with Gasteiger partial charge in [-0.3, -0.25) is 4.98 Å². The third kappa shape index (κ3) is 5.61. The Morgan fingerprint density at radius 1 is 1.24 bits per heavy atom. The SMILES string of the molecule is CCNC(C)c1ccc(N(CCOC)C(C)COC)cn1. The van der Waals surface area contributed by atoms with Gasteiger partial charge in [0.05, 0.1) is 30.8 Å². The Morgan fingerprint density at radius 3 is 2.52 bits per heavy atom. The van der Waals surface area contributed by atoms with Crippen LogP contribution in [-0.2, 0) is 9.47 Å². The standard InChI is InChI=1S/C16H29N3O2/c1-6-17-14(3)16-8-7-15(11-18-16)19(9-10-20-4)13(2)12-21-5/h7-8,11,13-14,17H,6,9-10,12H2,1-5H3. The lowest BCUT2D eigenvalue weighted by Crippen LogP contribution is -2.38. The second kappa shape index (κ2) is 9.71. The average Bonchev–Trinajstić information content (AvgIpc) is 2.49. The van der Waals surface area contributed by atoms with E-state index in [9.17, 15) is 0 Å². The van der Waals surface area contributed by atoms with E-state index >= 15 is 0 Å². The molecule has 5 nitrogen and oxygen atoms in total. The zero-order chi connectivity index (χ0) is 15.7. The first-order valence-electron chi connectivity index (χ1n) is 7.57. The molecule has 0 saturated carbocycles. The van der Waals surface area contributed by atoms with Crippen molar-refractivity contribution < 1.29 is 9.47 Å². The molecule has 1 rings (SSSR count). The van der Waals surface area contributed by atoms with Gasteiger partial charge in [0.25, 0.3) is 0 Å². The fourth-order valence-electron chi connectivity index (χ4n) is 2.36. The molecule has 21 heavy (non-hydrogen) atoms. The minimum absolute atomic E-state index is 0.271. The molecule has 0 aliphatic carbocycles. The van der Waals surface area contributed by atoms with Crippen LogP contribution in [0.1, 0.15) is 32.5 Å². The third-order valence-corrected chi connectivity index (χ3v) is 3.53. The summed E-state index contributed by atoms with van der Waals surface area (Å²) >= 11 is 0. The minimum atomic E-state index is 0.271. The summed E-state index contributed by atoms with van der Waals surface area (Å²) in [6, 6.07) is 4.76. The summed E-state index contributed by atoms with van der Waals surface area (Å²) in [6.45, 7) is 9.50. The van der Waals surface area contributed by atoms with E-state index in [1.54, 1.807) is 14.2 Å². The topological polar surface area (TPSA) is 46.6 Å². The number of ether oxygens (including phenoxy) is 2. The van der Waals surface area contributed by atoms with Crippen molar-refractivity contribution in [2.24, 2.45) is 0 Å². The summed E-state index contributed by atoms with van der Waals surface area (Å²) in [5.74, 6) is 0. The number of pyridine rings is 1. The highest BCUT2D eigenvalue weighted by Gasteiger charge is 2.15. The number of nitrogens with one attached hydrogen (secondary N) is 1. The highest BCUT2D eigenvalue weighted by Crippen LogP contribution is 2.18. The third-order valence-electron chi connectivity index (χ3n) is 3.53. The molecule has 1 heterocycles. The van der Waals surface area contributed by atoms with Gasteiger partial charge in [0.15, 0.2) is 0 Å². The molecule has 5 heteroatoms. The first-order chi connectivity index (χ1) is 10.1. The largest absolute Gasteiger partial charge is 0.383 e. The van der Waals surface area contributed by atoms with Gasteiger partial charge in [-0.1, -0.05) is 6.92 Å². The zero-order valence-corrected chi connectivity index (χ0v) is 13.9. The number of aromatic nitrogens is 1. The van der Waals surface area contributed by atoms with Gasteiger partial charge in [-0.05, 0) is 32.5 Å². The smallest absolute Gasteiger partial charge is 0.0663 e. The number of hydrogen-bond acceptors (Lipinski definition) is 5. The van der Waals surface area contributed by atoms with E-state index in [1.807, 2.05) is 6.20 Å². The lowest BCUT2D eigenvalue weighted by Gasteiger charge is -2.30. The van der Waals surface area contributed by atoms with Crippen molar-refractivity contribution in [2.75, 3.05) is 45.4 Å². The normalized spacial score (nSPS) is 14.0. The molecule has 1 N–H and O–H groups in total. The van der Waals surface area contributed by atoms with E-state index in [4.69, 9.17) is 9.47 Å². The summed E-state index contributed by atoms with van der Waals surface area (Å²) in [7, 11) is 3.45. The first-order valence-corrected chi connectivity index (χ1v) is 7.57. The van der Waals surface area contributed by atoms with Gasteiger partial charge >= 0.3 is 0 Å². The van der Waals surface area contributed by atoms with Crippen molar-refractivity contribution in [1.82, 2.24) is 10.3 Å². The molecule has 0 aromatic carbocycles. The van der Waals surface area contributed by atoms with Gasteiger partial charge in [0.2, 0.25) is 0 Å². The molecule has 2 unspecified atom stereocenters. The zero-order valence-electron chi connectivity index (χ0n) is 13.9. The Balaban J connectivity index is 2.82. The highest BCUT2D eigenvalue weighted by molar-refractivity contribution is 5.46. The second-order valence-electron chi connectivity index (χ2n) is 5.21. The number of anilines is 1. The summed E-state index contributed by atoms with van der Waals surface area (Å²) < 4.78 is 10.5. The summed E-state index contributed by atoms with van der Waals surface area (Å²) in [5.41, 5.74) is 2.16. The van der Waals surface area contributed by atoms with E-state index < -0.39 is 0 Å². The van der Waals surface area contributed by atoms with Gasteiger partial charge < -0.3 is 19.7 Å². The van der Waals surface area contributed by atoms with Crippen LogP contribution in [0.5, 0.6) is 0 Å². The molecule has 0 radical (unpaired) electrons. The van der Waals surface area contributed by atoms with E-state index in [1.165, 1.54) is 0 Å². The molecule has 0 fully saturated rings. The number of hydrogen-bond donors (Lipinski definition) is 1. The fraction of sp³-hybridized carbons (Fsp3) is 0.688. The van der Waals surface area contributed by atoms with Gasteiger partial charge in [-0.15, -0.1) is 0 Å². The van der Waals surface area contributed by atoms with E-state index in [0.717, 1.165) is 24.5 Å². The Hall–Kier alpha value is -1.17. The van der Waals surface area contributed by atoms with Crippen LogP contribution in [0.15, 0.2) is 18.3 Å². The lowest BCUT2D eigenvalue weighted by molar-refractivity contribution is 0.171. The van der Waals surface area contributed by atoms with Crippen LogP contribution in [-0.4, -0.2) is 51.5 Å². The van der Waals surface area contributed by atoms with Crippen molar-refractivity contribution in [3.05, 3.63) is 24.0 Å². The number of nitrogens with zero attached hydrogens (tertiary/aromatic N) is 2. The van der Waals surface area contributed by atoms with Crippen LogP contribution in [0.4, 0.5) is 5.69 Å². The molecular weight excluding hydrogens is 266 g/mol. The molecule has 120 valence electrons. The molecule has 0 spiro atoms. The molecule has 0 aliphatic rings. The summed E-state index contributed by atoms with van der Waals surface area (Å²) in [6.07, 6.45) is 1.94. The van der Waals surface area contributed by atoms with Crippen molar-refractivity contribution in [2.45, 2.75) is 32.9 Å². The maximum Gasteiger partial charge on any atom is 0.0663 e. The second-order valence-corrected chi connectivity index (χ2v) is 5.21. The van der Waals surface area contributed by atoms with Crippen molar-refractivity contribution >= 4 is 5.69 Å². The van der Waals surface area contributed by atoms with E-state index in [0.29, 0.717) is 13.2 Å². The highest BCUT2D eigenvalue weighted by atomic mass is 16.5. The molecule has 2 atom stereocenters. The van der Waals surface area contributed by atoms with Crippen molar-refractivity contribution in [1.29, 1.82) is 0 Å². The van der Waals surface area contributed by atoms with E-state index in [2.05, 4.69) is 48.1 Å². The van der Waals surface area contributed by atoms with Crippen LogP contribution < -0.4 is 10.2 Å². The number of methoxy groups -OCH3 is 2. The first kappa shape index (κ1) is 17.9. The number of rotatable bonds is 10. The Kier molecular flexibility index (Phi) is 8.27. The molecule has 0 saturated heterocycles. The molecule has 1 aromatic heterocycles. The predicted octanol–water partition coefficient (Wildman–Crippen LogP) is 2.24. The maximum atomic E-state index is 5.27. The molecular formula is C16H29N3O2. The average molecular weight is 295 g/mol. The summed E-state index contributed by atoms with van der Waals surface area (Å²) in [4.78, 5) is 6.85. The Morgan fingerprint density at radius 2 is 2.00 bits per heavy atom. The fourth-order valence-corrected chi connectivity index (χ4v) is 2.36. The Labute approximate surface area is 128 Å². The van der Waals surface area contributed by atoms with Gasteiger partial charge in [0.1, 0.15) is 0 Å². The molecule has 1 aromatic rings. The van der Waals surface area contributed by atoms with Gasteiger partial charge in [-0.25, -0.2) is 0 Å². The monoisotopic (exact) mass is 295 g/mol. The van der Waals surface area contributed by atoms with Crippen LogP contribution in [0.25, 0.3) is 0 Å². The quantitative estimate of drug-likeness (QED) is 0.717. The molecule has 0 aliphatic heterocycles. The van der Waals surface area contributed by atoms with Crippen molar-refractivity contribution in [3.8, 4) is 0 Å². The van der Waals surface area contributed by atoms with Crippen LogP contribution in [0, 0.1) is 0 Å². The Bertz CT molecular complexity index is 384. The summed E-state index contributed by atoms with van der Waals surface area (Å²) in [5, 5.41) is 3.37. The predicted molar refractivity (Wildman–Crippen MR) is 86.9 cm³/mol. The van der Waals surface area contributed by atoms with Crippen LogP contribution in [0.2, 0.25) is 0 Å². The van der Waals surface area contributed by atoms with Crippen LogP contribution in [0.3, 0.4) is 0 Å². The minimum Gasteiger partial charge on any atom is -0.383 e. The van der Waals surface area contributed by atoms with Crippen molar-refractivity contribution in [3.63, 3.8) is 0 Å². The van der Waals surface area contributed by atoms with E-state index in [-0.39, 0.29) is 12.1 Å². The molecule has 0 amide bonds. The molecule has 0 bridgehead atoms. The van der Waals surface area contributed by atoms with Gasteiger partial charge in [0, 0.05) is 32.8 Å². The van der Waals surface area contributed by atoms with Gasteiger partial charge in [-0.2, -0.15) is 0 Å². The maximum absolute atomic E-state index is 5.27. The van der Waals surface area contributed by atoms with Crippen LogP contribution >= 0.6 is 0 Å². The lowest BCUT2D eigenvalue weighted by atomic mass is 10.2.